The minimum absolute atomic E-state index is 0.248. The van der Waals surface area contributed by atoms with Crippen molar-refractivity contribution in [3.05, 3.63) is 71.4 Å². The van der Waals surface area contributed by atoms with Gasteiger partial charge in [-0.1, -0.05) is 60.1 Å². The Balaban J connectivity index is 1.83. The molecule has 6 nitrogen and oxygen atoms in total. The van der Waals surface area contributed by atoms with Crippen LogP contribution in [0.3, 0.4) is 0 Å². The number of nitrogens with zero attached hydrogens (tertiary/aromatic N) is 5. The third-order valence-electron chi connectivity index (χ3n) is 3.56. The van der Waals surface area contributed by atoms with Crippen molar-refractivity contribution in [2.24, 2.45) is 0 Å². The van der Waals surface area contributed by atoms with Gasteiger partial charge in [0.1, 0.15) is 0 Å². The highest BCUT2D eigenvalue weighted by Crippen LogP contribution is 2.31. The van der Waals surface area contributed by atoms with Crippen LogP contribution in [-0.4, -0.2) is 20.3 Å². The Morgan fingerprint density at radius 2 is 1.46 bits per heavy atom. The van der Waals surface area contributed by atoms with E-state index in [0.29, 0.717) is 18.0 Å². The number of para-hydroxylation sites is 1. The van der Waals surface area contributed by atoms with E-state index in [1.165, 1.54) is 0 Å². The second-order valence-electron chi connectivity index (χ2n) is 5.16. The average Bonchev–Trinajstić information content (AvgIpc) is 3.08. The quantitative estimate of drug-likeness (QED) is 0.560. The first-order valence-corrected chi connectivity index (χ1v) is 7.71. The van der Waals surface area contributed by atoms with Crippen LogP contribution in [0.2, 0.25) is 5.15 Å². The van der Waals surface area contributed by atoms with E-state index in [-0.39, 0.29) is 10.8 Å². The van der Waals surface area contributed by atoms with Crippen LogP contribution in [0.4, 0.5) is 11.5 Å². The Bertz CT molecular complexity index is 959. The van der Waals surface area contributed by atoms with E-state index in [0.717, 1.165) is 11.3 Å². The van der Waals surface area contributed by atoms with Gasteiger partial charge in [-0.2, -0.15) is 0 Å². The summed E-state index contributed by atoms with van der Waals surface area (Å²) in [7, 11) is 0. The molecule has 0 aliphatic carbocycles. The lowest BCUT2D eigenvalue weighted by Gasteiger charge is -2.24. The highest BCUT2D eigenvalue weighted by Gasteiger charge is 2.19. The summed E-state index contributed by atoms with van der Waals surface area (Å²) in [6.07, 6.45) is 0. The maximum atomic E-state index is 6.35. The van der Waals surface area contributed by atoms with Gasteiger partial charge >= 0.3 is 0 Å². The van der Waals surface area contributed by atoms with Gasteiger partial charge in [0.2, 0.25) is 11.3 Å². The van der Waals surface area contributed by atoms with Crippen LogP contribution in [0.5, 0.6) is 0 Å². The summed E-state index contributed by atoms with van der Waals surface area (Å²) in [5.74, 6) is 0.509. The maximum absolute atomic E-state index is 6.35. The van der Waals surface area contributed by atoms with Crippen molar-refractivity contribution < 1.29 is 4.63 Å². The molecule has 0 radical (unpaired) electrons. The molecule has 2 aromatic carbocycles. The van der Waals surface area contributed by atoms with Crippen LogP contribution >= 0.6 is 11.6 Å². The molecule has 4 aromatic rings. The molecule has 2 aromatic heterocycles. The molecule has 4 rings (SSSR count). The van der Waals surface area contributed by atoms with Gasteiger partial charge in [-0.25, -0.2) is 14.6 Å². The predicted octanol–water partition coefficient (Wildman–Crippen LogP) is 4.00. The highest BCUT2D eigenvalue weighted by molar-refractivity contribution is 6.32. The van der Waals surface area contributed by atoms with Crippen molar-refractivity contribution in [1.29, 1.82) is 0 Å². The first-order valence-electron chi connectivity index (χ1n) is 7.33. The fraction of sp³-hybridized carbons (Fsp3) is 0.0588. The standard InChI is InChI=1S/C17H12ClN5O/c18-14-17(20-16-15(19-14)21-24-22-16)23(13-9-5-2-6-10-13)11-12-7-3-1-4-8-12/h1-10H,11H2. The number of aromatic nitrogens is 4. The fourth-order valence-corrected chi connectivity index (χ4v) is 2.67. The van der Waals surface area contributed by atoms with Crippen LogP contribution in [0.25, 0.3) is 11.3 Å². The third-order valence-corrected chi connectivity index (χ3v) is 3.82. The summed E-state index contributed by atoms with van der Waals surface area (Å²) >= 11 is 6.35. The Morgan fingerprint density at radius 3 is 2.17 bits per heavy atom. The number of halogens is 1. The molecule has 0 fully saturated rings. The van der Waals surface area contributed by atoms with Gasteiger partial charge in [-0.05, 0) is 28.0 Å². The summed E-state index contributed by atoms with van der Waals surface area (Å²) in [6.45, 7) is 0.593. The summed E-state index contributed by atoms with van der Waals surface area (Å²) in [6, 6.07) is 19.9. The van der Waals surface area contributed by atoms with Gasteiger partial charge in [0.25, 0.3) is 0 Å². The van der Waals surface area contributed by atoms with E-state index in [9.17, 15) is 0 Å². The first-order chi connectivity index (χ1) is 11.8. The zero-order valence-electron chi connectivity index (χ0n) is 12.5. The molecule has 0 aliphatic rings. The Kier molecular flexibility index (Phi) is 3.80. The van der Waals surface area contributed by atoms with Crippen LogP contribution in [0.15, 0.2) is 65.3 Å². The van der Waals surface area contributed by atoms with E-state index in [4.69, 9.17) is 11.6 Å². The average molecular weight is 338 g/mol. The van der Waals surface area contributed by atoms with Crippen molar-refractivity contribution in [3.63, 3.8) is 0 Å². The van der Waals surface area contributed by atoms with Crippen LogP contribution in [-0.2, 0) is 6.54 Å². The molecule has 118 valence electrons. The maximum Gasteiger partial charge on any atom is 0.245 e. The molecule has 0 N–H and O–H groups in total. The number of fused-ring (bicyclic) bond motifs is 1. The van der Waals surface area contributed by atoms with E-state index >= 15 is 0 Å². The molecule has 24 heavy (non-hydrogen) atoms. The summed E-state index contributed by atoms with van der Waals surface area (Å²) in [5, 5.41) is 7.68. The molecular formula is C17H12ClN5O. The predicted molar refractivity (Wildman–Crippen MR) is 91.1 cm³/mol. The lowest BCUT2D eigenvalue weighted by atomic mass is 10.2. The van der Waals surface area contributed by atoms with Gasteiger partial charge in [0, 0.05) is 12.2 Å². The number of hydrogen-bond donors (Lipinski definition) is 0. The van der Waals surface area contributed by atoms with Gasteiger partial charge in [0.05, 0.1) is 0 Å². The summed E-state index contributed by atoms with van der Waals surface area (Å²) in [5.41, 5.74) is 2.69. The van der Waals surface area contributed by atoms with E-state index in [1.807, 2.05) is 65.6 Å². The Hall–Kier alpha value is -2.99. The van der Waals surface area contributed by atoms with Crippen molar-refractivity contribution in [3.8, 4) is 0 Å². The van der Waals surface area contributed by atoms with Gasteiger partial charge < -0.3 is 4.90 Å². The molecule has 0 saturated heterocycles. The lowest BCUT2D eigenvalue weighted by molar-refractivity contribution is 0.314. The molecule has 0 atom stereocenters. The molecule has 0 aliphatic heterocycles. The van der Waals surface area contributed by atoms with Crippen molar-refractivity contribution >= 4 is 34.4 Å². The van der Waals surface area contributed by atoms with Gasteiger partial charge in [0.15, 0.2) is 11.0 Å². The topological polar surface area (TPSA) is 67.9 Å². The molecule has 0 unspecified atom stereocenters. The highest BCUT2D eigenvalue weighted by atomic mass is 35.5. The molecule has 0 spiro atoms. The molecular weight excluding hydrogens is 326 g/mol. The van der Waals surface area contributed by atoms with Crippen molar-refractivity contribution in [2.45, 2.75) is 6.54 Å². The first kappa shape index (κ1) is 14.6. The summed E-state index contributed by atoms with van der Waals surface area (Å²) in [4.78, 5) is 10.7. The van der Waals surface area contributed by atoms with Crippen molar-refractivity contribution in [2.75, 3.05) is 4.90 Å². The molecule has 0 saturated carbocycles. The largest absolute Gasteiger partial charge is 0.319 e. The minimum atomic E-state index is 0.248. The SMILES string of the molecule is Clc1nc2nonc2nc1N(Cc1ccccc1)c1ccccc1. The van der Waals surface area contributed by atoms with Crippen LogP contribution in [0.1, 0.15) is 5.56 Å². The Labute approximate surface area is 142 Å². The second-order valence-corrected chi connectivity index (χ2v) is 5.51. The van der Waals surface area contributed by atoms with Gasteiger partial charge in [-0.15, -0.1) is 0 Å². The molecule has 7 heteroatoms. The zero-order chi connectivity index (χ0) is 16.4. The zero-order valence-corrected chi connectivity index (χ0v) is 13.3. The second kappa shape index (κ2) is 6.25. The van der Waals surface area contributed by atoms with E-state index in [1.54, 1.807) is 0 Å². The van der Waals surface area contributed by atoms with Crippen LogP contribution < -0.4 is 4.90 Å². The number of benzene rings is 2. The number of anilines is 2. The van der Waals surface area contributed by atoms with Crippen LogP contribution in [0, 0.1) is 0 Å². The smallest absolute Gasteiger partial charge is 0.245 e. The molecule has 0 bridgehead atoms. The van der Waals surface area contributed by atoms with Crippen molar-refractivity contribution in [1.82, 2.24) is 20.3 Å². The lowest BCUT2D eigenvalue weighted by Crippen LogP contribution is -2.18. The van der Waals surface area contributed by atoms with E-state index < -0.39 is 0 Å². The monoisotopic (exact) mass is 337 g/mol. The van der Waals surface area contributed by atoms with E-state index in [2.05, 4.69) is 24.9 Å². The summed E-state index contributed by atoms with van der Waals surface area (Å²) < 4.78 is 4.68. The fourth-order valence-electron chi connectivity index (χ4n) is 2.44. The number of hydrogen-bond acceptors (Lipinski definition) is 6. The minimum Gasteiger partial charge on any atom is -0.319 e. The normalized spacial score (nSPS) is 10.9. The molecule has 2 heterocycles. The Morgan fingerprint density at radius 1 is 0.833 bits per heavy atom. The third kappa shape index (κ3) is 2.79. The van der Waals surface area contributed by atoms with Gasteiger partial charge in [-0.3, -0.25) is 0 Å². The molecule has 0 amide bonds. The number of rotatable bonds is 4.